The number of hydrogen-bond donors (Lipinski definition) is 0. The summed E-state index contributed by atoms with van der Waals surface area (Å²) in [4.78, 5) is 0. The Labute approximate surface area is 138 Å². The van der Waals surface area contributed by atoms with Crippen molar-refractivity contribution in [3.05, 3.63) is 78.4 Å². The van der Waals surface area contributed by atoms with Gasteiger partial charge in [0.1, 0.15) is 5.75 Å². The minimum atomic E-state index is 0.735. The number of rotatable bonds is 5. The summed E-state index contributed by atoms with van der Waals surface area (Å²) in [5.41, 5.74) is 5.99. The molecule has 0 amide bonds. The molecule has 1 nitrogen and oxygen atoms in total. The van der Waals surface area contributed by atoms with Crippen LogP contribution in [0.25, 0.3) is 22.3 Å². The van der Waals surface area contributed by atoms with Crippen LogP contribution in [0, 0.1) is 6.92 Å². The molecule has 3 aromatic rings. The number of benzene rings is 3. The maximum atomic E-state index is 6.13. The van der Waals surface area contributed by atoms with Crippen LogP contribution < -0.4 is 4.74 Å². The van der Waals surface area contributed by atoms with Gasteiger partial charge in [-0.1, -0.05) is 79.7 Å². The van der Waals surface area contributed by atoms with E-state index in [2.05, 4.69) is 74.5 Å². The predicted molar refractivity (Wildman–Crippen MR) is 97.8 cm³/mol. The predicted octanol–water partition coefficient (Wildman–Crippen LogP) is 6.12. The third kappa shape index (κ3) is 3.29. The molecule has 0 aliphatic heterocycles. The summed E-state index contributed by atoms with van der Waals surface area (Å²) in [6.45, 7) is 4.99. The summed E-state index contributed by atoms with van der Waals surface area (Å²) < 4.78 is 6.13. The molecule has 3 aromatic carbocycles. The van der Waals surface area contributed by atoms with Gasteiger partial charge in [0, 0.05) is 5.56 Å². The molecule has 0 saturated carbocycles. The molecule has 0 saturated heterocycles. The van der Waals surface area contributed by atoms with E-state index in [1.54, 1.807) is 0 Å². The molecule has 0 heterocycles. The van der Waals surface area contributed by atoms with Gasteiger partial charge < -0.3 is 4.74 Å². The molecule has 0 aliphatic carbocycles. The Balaban J connectivity index is 2.24. The summed E-state index contributed by atoms with van der Waals surface area (Å²) in [6.07, 6.45) is 1.00. The van der Waals surface area contributed by atoms with Gasteiger partial charge in [0.05, 0.1) is 6.61 Å². The van der Waals surface area contributed by atoms with Crippen molar-refractivity contribution >= 4 is 0 Å². The van der Waals surface area contributed by atoms with Gasteiger partial charge in [-0.3, -0.25) is 0 Å². The van der Waals surface area contributed by atoms with E-state index in [0.717, 1.165) is 18.8 Å². The van der Waals surface area contributed by atoms with Gasteiger partial charge in [0.15, 0.2) is 0 Å². The van der Waals surface area contributed by atoms with E-state index >= 15 is 0 Å². The zero-order chi connectivity index (χ0) is 16.1. The van der Waals surface area contributed by atoms with Gasteiger partial charge >= 0.3 is 0 Å². The lowest BCUT2D eigenvalue weighted by Gasteiger charge is -2.18. The molecule has 1 heteroatoms. The third-order valence-corrected chi connectivity index (χ3v) is 3.95. The Kier molecular flexibility index (Phi) is 4.77. The molecular weight excluding hydrogens is 280 g/mol. The van der Waals surface area contributed by atoms with Crippen LogP contribution in [-0.4, -0.2) is 6.61 Å². The van der Waals surface area contributed by atoms with Crippen molar-refractivity contribution in [2.75, 3.05) is 6.61 Å². The quantitative estimate of drug-likeness (QED) is 0.552. The lowest BCUT2D eigenvalue weighted by Crippen LogP contribution is -2.00. The van der Waals surface area contributed by atoms with E-state index in [1.807, 2.05) is 12.1 Å². The summed E-state index contributed by atoms with van der Waals surface area (Å²) in [7, 11) is 0. The fourth-order valence-electron chi connectivity index (χ4n) is 2.83. The van der Waals surface area contributed by atoms with Gasteiger partial charge in [-0.2, -0.15) is 0 Å². The maximum absolute atomic E-state index is 6.13. The molecule has 0 atom stereocenters. The molecule has 0 fully saturated rings. The van der Waals surface area contributed by atoms with Crippen LogP contribution in [0.5, 0.6) is 5.75 Å². The minimum Gasteiger partial charge on any atom is -0.493 e. The molecule has 0 radical (unpaired) electrons. The van der Waals surface area contributed by atoms with Crippen molar-refractivity contribution in [2.24, 2.45) is 0 Å². The number of aryl methyl sites for hydroxylation is 1. The van der Waals surface area contributed by atoms with Crippen molar-refractivity contribution in [3.63, 3.8) is 0 Å². The second-order valence-electron chi connectivity index (χ2n) is 5.71. The molecule has 116 valence electrons. The van der Waals surface area contributed by atoms with E-state index in [4.69, 9.17) is 4.74 Å². The molecule has 0 aliphatic rings. The van der Waals surface area contributed by atoms with Crippen LogP contribution in [-0.2, 0) is 0 Å². The second kappa shape index (κ2) is 7.15. The van der Waals surface area contributed by atoms with E-state index < -0.39 is 0 Å². The second-order valence-corrected chi connectivity index (χ2v) is 5.71. The van der Waals surface area contributed by atoms with E-state index in [1.165, 1.54) is 27.8 Å². The third-order valence-electron chi connectivity index (χ3n) is 3.95. The zero-order valence-electron chi connectivity index (χ0n) is 13.8. The SMILES string of the molecule is CCCOc1c(C)ccc(-c2ccccc2)c1-c1ccccc1. The van der Waals surface area contributed by atoms with Crippen LogP contribution >= 0.6 is 0 Å². The molecule has 0 N–H and O–H groups in total. The standard InChI is InChI=1S/C22H22O/c1-3-16-23-22-17(2)14-15-20(18-10-6-4-7-11-18)21(22)19-12-8-5-9-13-19/h4-15H,3,16H2,1-2H3. The van der Waals surface area contributed by atoms with Gasteiger partial charge in [-0.15, -0.1) is 0 Å². The largest absolute Gasteiger partial charge is 0.493 e. The molecule has 0 aromatic heterocycles. The van der Waals surface area contributed by atoms with Crippen molar-refractivity contribution in [2.45, 2.75) is 20.3 Å². The van der Waals surface area contributed by atoms with Crippen LogP contribution in [0.1, 0.15) is 18.9 Å². The fraction of sp³-hybridized carbons (Fsp3) is 0.182. The first-order valence-corrected chi connectivity index (χ1v) is 8.18. The number of hydrogen-bond acceptors (Lipinski definition) is 1. The average Bonchev–Trinajstić information content (AvgIpc) is 2.62. The van der Waals surface area contributed by atoms with Crippen LogP contribution in [0.3, 0.4) is 0 Å². The average molecular weight is 302 g/mol. The van der Waals surface area contributed by atoms with Crippen molar-refractivity contribution < 1.29 is 4.74 Å². The fourth-order valence-corrected chi connectivity index (χ4v) is 2.83. The highest BCUT2D eigenvalue weighted by atomic mass is 16.5. The molecule has 3 rings (SSSR count). The lowest BCUT2D eigenvalue weighted by molar-refractivity contribution is 0.317. The smallest absolute Gasteiger partial charge is 0.130 e. The topological polar surface area (TPSA) is 9.23 Å². The Hall–Kier alpha value is -2.54. The summed E-state index contributed by atoms with van der Waals surface area (Å²) in [5, 5.41) is 0. The Morgan fingerprint density at radius 1 is 0.739 bits per heavy atom. The van der Waals surface area contributed by atoms with E-state index in [0.29, 0.717) is 0 Å². The van der Waals surface area contributed by atoms with Crippen molar-refractivity contribution in [1.29, 1.82) is 0 Å². The van der Waals surface area contributed by atoms with Gasteiger partial charge in [-0.25, -0.2) is 0 Å². The highest BCUT2D eigenvalue weighted by Crippen LogP contribution is 2.41. The van der Waals surface area contributed by atoms with E-state index in [9.17, 15) is 0 Å². The first-order chi connectivity index (χ1) is 11.3. The first-order valence-electron chi connectivity index (χ1n) is 8.18. The van der Waals surface area contributed by atoms with Crippen LogP contribution in [0.2, 0.25) is 0 Å². The van der Waals surface area contributed by atoms with Gasteiger partial charge in [0.2, 0.25) is 0 Å². The molecule has 0 bridgehead atoms. The lowest BCUT2D eigenvalue weighted by atomic mass is 9.92. The molecule has 0 unspecified atom stereocenters. The van der Waals surface area contributed by atoms with Gasteiger partial charge in [-0.05, 0) is 35.6 Å². The monoisotopic (exact) mass is 302 g/mol. The minimum absolute atomic E-state index is 0.735. The Bertz CT molecular complexity index is 761. The van der Waals surface area contributed by atoms with Gasteiger partial charge in [0.25, 0.3) is 0 Å². The van der Waals surface area contributed by atoms with Crippen molar-refractivity contribution in [1.82, 2.24) is 0 Å². The molecular formula is C22H22O. The molecule has 0 spiro atoms. The summed E-state index contributed by atoms with van der Waals surface area (Å²) >= 11 is 0. The Morgan fingerprint density at radius 2 is 1.35 bits per heavy atom. The van der Waals surface area contributed by atoms with Crippen LogP contribution in [0.4, 0.5) is 0 Å². The highest BCUT2D eigenvalue weighted by molar-refractivity contribution is 5.88. The Morgan fingerprint density at radius 3 is 1.96 bits per heavy atom. The van der Waals surface area contributed by atoms with Crippen LogP contribution in [0.15, 0.2) is 72.8 Å². The summed E-state index contributed by atoms with van der Waals surface area (Å²) in [5.74, 6) is 0.999. The highest BCUT2D eigenvalue weighted by Gasteiger charge is 2.15. The number of ether oxygens (including phenoxy) is 1. The first kappa shape index (κ1) is 15.4. The molecule has 23 heavy (non-hydrogen) atoms. The van der Waals surface area contributed by atoms with E-state index in [-0.39, 0.29) is 0 Å². The zero-order valence-corrected chi connectivity index (χ0v) is 13.8. The normalized spacial score (nSPS) is 10.5. The maximum Gasteiger partial charge on any atom is 0.130 e. The summed E-state index contributed by atoms with van der Waals surface area (Å²) in [6, 6.07) is 25.4. The van der Waals surface area contributed by atoms with Crippen molar-refractivity contribution in [3.8, 4) is 28.0 Å².